The number of amidine groups is 1. The van der Waals surface area contributed by atoms with Gasteiger partial charge in [0.25, 0.3) is 5.91 Å². The highest BCUT2D eigenvalue weighted by atomic mass is 35.5. The van der Waals surface area contributed by atoms with Crippen LogP contribution in [0.15, 0.2) is 23.2 Å². The molecule has 10 heteroatoms. The molecule has 2 aliphatic rings. The number of methoxy groups -OCH3 is 1. The van der Waals surface area contributed by atoms with Gasteiger partial charge in [-0.1, -0.05) is 41.0 Å². The van der Waals surface area contributed by atoms with Crippen LogP contribution >= 0.6 is 35.0 Å². The van der Waals surface area contributed by atoms with Crippen LogP contribution in [0.4, 0.5) is 5.69 Å². The van der Waals surface area contributed by atoms with Crippen LogP contribution in [-0.2, 0) is 19.4 Å². The van der Waals surface area contributed by atoms with Crippen LogP contribution in [0.2, 0.25) is 10.0 Å². The van der Waals surface area contributed by atoms with Crippen molar-refractivity contribution < 1.29 is 17.9 Å². The van der Waals surface area contributed by atoms with Gasteiger partial charge in [-0.15, -0.1) is 0 Å². The Bertz CT molecular complexity index is 813. The zero-order valence-corrected chi connectivity index (χ0v) is 15.8. The number of hydrogen-bond donors (Lipinski definition) is 0. The van der Waals surface area contributed by atoms with E-state index < -0.39 is 15.7 Å². The Kier molecular flexibility index (Phi) is 5.13. The molecule has 0 saturated carbocycles. The molecule has 2 heterocycles. The molecular weight excluding hydrogens is 395 g/mol. The predicted molar refractivity (Wildman–Crippen MR) is 97.1 cm³/mol. The van der Waals surface area contributed by atoms with Crippen molar-refractivity contribution in [1.82, 2.24) is 0 Å². The summed E-state index contributed by atoms with van der Waals surface area (Å²) in [5, 5.41) is 0.882. The summed E-state index contributed by atoms with van der Waals surface area (Å²) in [6.07, 6.45) is 0. The van der Waals surface area contributed by atoms with Crippen molar-refractivity contribution in [3.8, 4) is 0 Å². The van der Waals surface area contributed by atoms with Crippen LogP contribution in [0.5, 0.6) is 0 Å². The molecule has 6 nitrogen and oxygen atoms in total. The highest BCUT2D eigenvalue weighted by Gasteiger charge is 2.49. The number of sulfone groups is 1. The van der Waals surface area contributed by atoms with E-state index in [9.17, 15) is 13.2 Å². The van der Waals surface area contributed by atoms with E-state index in [1.54, 1.807) is 23.1 Å². The Morgan fingerprint density at radius 1 is 1.42 bits per heavy atom. The van der Waals surface area contributed by atoms with Gasteiger partial charge in [0.05, 0.1) is 33.3 Å². The maximum absolute atomic E-state index is 12.0. The molecule has 24 heavy (non-hydrogen) atoms. The second-order valence-corrected chi connectivity index (χ2v) is 9.61. The molecule has 0 bridgehead atoms. The van der Waals surface area contributed by atoms with Crippen LogP contribution in [0.25, 0.3) is 0 Å². The number of aliphatic imine (C=N–C) groups is 1. The van der Waals surface area contributed by atoms with E-state index >= 15 is 0 Å². The fourth-order valence-electron chi connectivity index (χ4n) is 2.79. The quantitative estimate of drug-likeness (QED) is 0.762. The summed E-state index contributed by atoms with van der Waals surface area (Å²) < 4.78 is 28.8. The first-order valence-electron chi connectivity index (χ1n) is 7.03. The predicted octanol–water partition coefficient (Wildman–Crippen LogP) is 2.24. The summed E-state index contributed by atoms with van der Waals surface area (Å²) in [6, 6.07) is 4.77. The van der Waals surface area contributed by atoms with Crippen LogP contribution in [0.3, 0.4) is 0 Å². The van der Waals surface area contributed by atoms with Gasteiger partial charge in [0.1, 0.15) is 6.61 Å². The summed E-state index contributed by atoms with van der Waals surface area (Å²) in [7, 11) is -1.73. The number of carbonyl (C=O) groups is 1. The Morgan fingerprint density at radius 2 is 2.17 bits per heavy atom. The topological polar surface area (TPSA) is 76.0 Å². The van der Waals surface area contributed by atoms with Gasteiger partial charge in [-0.3, -0.25) is 4.79 Å². The number of ether oxygens (including phenoxy) is 1. The Morgan fingerprint density at radius 3 is 2.88 bits per heavy atom. The second kappa shape index (κ2) is 6.84. The van der Waals surface area contributed by atoms with Crippen LogP contribution in [0.1, 0.15) is 0 Å². The molecule has 1 aromatic carbocycles. The van der Waals surface area contributed by atoms with Gasteiger partial charge in [-0.2, -0.15) is 4.99 Å². The third-order valence-corrected chi connectivity index (χ3v) is 7.76. The fourth-order valence-corrected chi connectivity index (χ4v) is 7.10. The standard InChI is InChI=1S/C14H14Cl2N2O4S2/c1-22-5-12(19)17-14-18(9-4-2-3-8(15)13(9)16)10-6-24(20,21)7-11(10)23-14/h2-4,10-11H,5-7H2,1H3/t10-,11-/m0/s1. The smallest absolute Gasteiger partial charge is 0.274 e. The van der Waals surface area contributed by atoms with Crippen molar-refractivity contribution in [3.63, 3.8) is 0 Å². The molecule has 3 rings (SSSR count). The molecule has 0 N–H and O–H groups in total. The minimum atomic E-state index is -3.13. The number of fused-ring (bicyclic) bond motifs is 1. The van der Waals surface area contributed by atoms with E-state index in [1.165, 1.54) is 18.9 Å². The third-order valence-electron chi connectivity index (χ3n) is 3.75. The molecular formula is C14H14Cl2N2O4S2. The molecule has 0 radical (unpaired) electrons. The molecule has 0 aromatic heterocycles. The molecule has 2 saturated heterocycles. The SMILES string of the molecule is COCC(=O)N=C1S[C@H]2CS(=O)(=O)C[C@@H]2N1c1cccc(Cl)c1Cl. The normalized spacial score (nSPS) is 26.8. The first-order valence-corrected chi connectivity index (χ1v) is 10.5. The Labute approximate surface area is 154 Å². The van der Waals surface area contributed by atoms with Gasteiger partial charge >= 0.3 is 0 Å². The van der Waals surface area contributed by atoms with E-state index in [-0.39, 0.29) is 29.4 Å². The highest BCUT2D eigenvalue weighted by molar-refractivity contribution is 8.16. The highest BCUT2D eigenvalue weighted by Crippen LogP contribution is 2.44. The maximum atomic E-state index is 12.0. The van der Waals surface area contributed by atoms with Crippen LogP contribution in [0, 0.1) is 0 Å². The lowest BCUT2D eigenvalue weighted by molar-refractivity contribution is -0.121. The average Bonchev–Trinajstić information content (AvgIpc) is 2.94. The summed E-state index contributed by atoms with van der Waals surface area (Å²) >= 11 is 13.7. The van der Waals surface area contributed by atoms with Gasteiger partial charge < -0.3 is 9.64 Å². The van der Waals surface area contributed by atoms with Crippen LogP contribution < -0.4 is 4.90 Å². The zero-order chi connectivity index (χ0) is 17.5. The van der Waals surface area contributed by atoms with Crippen LogP contribution in [-0.4, -0.2) is 56.0 Å². The molecule has 0 spiro atoms. The number of carbonyl (C=O) groups excluding carboxylic acids is 1. The summed E-state index contributed by atoms with van der Waals surface area (Å²) in [6.45, 7) is -0.144. The number of benzene rings is 1. The average molecular weight is 409 g/mol. The number of amides is 1. The van der Waals surface area contributed by atoms with Crippen molar-refractivity contribution >= 4 is 61.6 Å². The van der Waals surface area contributed by atoms with Gasteiger partial charge in [-0.05, 0) is 12.1 Å². The monoisotopic (exact) mass is 408 g/mol. The molecule has 1 aromatic rings. The molecule has 0 unspecified atom stereocenters. The number of thioether (sulfide) groups is 1. The van der Waals surface area contributed by atoms with Crippen molar-refractivity contribution in [3.05, 3.63) is 28.2 Å². The van der Waals surface area contributed by atoms with Crippen molar-refractivity contribution in [2.45, 2.75) is 11.3 Å². The number of nitrogens with zero attached hydrogens (tertiary/aromatic N) is 2. The van der Waals surface area contributed by atoms with E-state index in [0.717, 1.165) is 0 Å². The van der Waals surface area contributed by atoms with E-state index in [4.69, 9.17) is 27.9 Å². The largest absolute Gasteiger partial charge is 0.375 e. The first kappa shape index (κ1) is 18.0. The first-order chi connectivity index (χ1) is 11.3. The van der Waals surface area contributed by atoms with Crippen molar-refractivity contribution in [1.29, 1.82) is 0 Å². The lowest BCUT2D eigenvalue weighted by Crippen LogP contribution is -2.38. The van der Waals surface area contributed by atoms with E-state index in [1.807, 2.05) is 0 Å². The van der Waals surface area contributed by atoms with Gasteiger partial charge in [0.15, 0.2) is 15.0 Å². The van der Waals surface area contributed by atoms with Gasteiger partial charge in [0.2, 0.25) is 0 Å². The number of anilines is 1. The molecule has 1 amide bonds. The number of hydrogen-bond acceptors (Lipinski definition) is 5. The number of rotatable bonds is 3. The summed E-state index contributed by atoms with van der Waals surface area (Å²) in [5.41, 5.74) is 0.547. The fraction of sp³-hybridized carbons (Fsp3) is 0.429. The Hall–Kier alpha value is -0.800. The minimum Gasteiger partial charge on any atom is -0.375 e. The van der Waals surface area contributed by atoms with Crippen molar-refractivity contribution in [2.24, 2.45) is 4.99 Å². The molecule has 2 atom stereocenters. The molecule has 2 fully saturated rings. The number of halogens is 2. The Balaban J connectivity index is 2.05. The van der Waals surface area contributed by atoms with Crippen molar-refractivity contribution in [2.75, 3.05) is 30.1 Å². The molecule has 0 aliphatic carbocycles. The van der Waals surface area contributed by atoms with E-state index in [2.05, 4.69) is 4.99 Å². The zero-order valence-electron chi connectivity index (χ0n) is 12.6. The summed E-state index contributed by atoms with van der Waals surface area (Å²) in [4.78, 5) is 17.6. The minimum absolute atomic E-state index is 0.00893. The van der Waals surface area contributed by atoms with Gasteiger partial charge in [0, 0.05) is 12.4 Å². The van der Waals surface area contributed by atoms with E-state index in [0.29, 0.717) is 20.9 Å². The summed E-state index contributed by atoms with van der Waals surface area (Å²) in [5.74, 6) is -0.398. The lowest BCUT2D eigenvalue weighted by Gasteiger charge is -2.25. The third kappa shape index (κ3) is 3.43. The maximum Gasteiger partial charge on any atom is 0.274 e. The molecule has 2 aliphatic heterocycles. The second-order valence-electron chi connectivity index (χ2n) is 5.46. The van der Waals surface area contributed by atoms with Gasteiger partial charge in [-0.25, -0.2) is 8.42 Å². The molecule has 130 valence electrons. The lowest BCUT2D eigenvalue weighted by atomic mass is 10.2.